The molecular weight excluding hydrogens is 236 g/mol. The summed E-state index contributed by atoms with van der Waals surface area (Å²) < 4.78 is 7.30. The van der Waals surface area contributed by atoms with Gasteiger partial charge in [-0.3, -0.25) is 4.68 Å². The molecule has 3 rings (SSSR count). The lowest BCUT2D eigenvalue weighted by atomic mass is 10.1. The summed E-state index contributed by atoms with van der Waals surface area (Å²) in [6.45, 7) is 0.926. The van der Waals surface area contributed by atoms with Crippen LogP contribution in [-0.2, 0) is 13.0 Å². The topological polar surface area (TPSA) is 31.0 Å². The highest BCUT2D eigenvalue weighted by Gasteiger charge is 2.04. The van der Waals surface area contributed by atoms with E-state index < -0.39 is 0 Å². The van der Waals surface area contributed by atoms with E-state index in [-0.39, 0.29) is 0 Å². The minimum Gasteiger partial charge on any atom is -0.463 e. The maximum atomic E-state index is 5.33. The molecule has 1 aromatic carbocycles. The smallest absolute Gasteiger partial charge is 0.154 e. The van der Waals surface area contributed by atoms with Crippen LogP contribution in [0.2, 0.25) is 0 Å². The van der Waals surface area contributed by atoms with E-state index in [1.54, 1.807) is 6.26 Å². The Labute approximate surface area is 112 Å². The Hall–Kier alpha value is -2.29. The van der Waals surface area contributed by atoms with E-state index in [0.717, 1.165) is 30.8 Å². The van der Waals surface area contributed by atoms with Crippen LogP contribution in [0, 0.1) is 0 Å². The number of hydrogen-bond donors (Lipinski definition) is 0. The molecular formula is C16H16N2O. The number of furan rings is 1. The van der Waals surface area contributed by atoms with Crippen molar-refractivity contribution in [3.05, 3.63) is 66.6 Å². The highest BCUT2D eigenvalue weighted by molar-refractivity contribution is 5.50. The molecule has 0 N–H and O–H groups in total. The fraction of sp³-hybridized carbons (Fsp3) is 0.188. The molecule has 0 radical (unpaired) electrons. The number of rotatable bonds is 5. The molecule has 19 heavy (non-hydrogen) atoms. The van der Waals surface area contributed by atoms with Crippen LogP contribution in [0.15, 0.2) is 65.4 Å². The highest BCUT2D eigenvalue weighted by atomic mass is 16.3. The van der Waals surface area contributed by atoms with Crippen molar-refractivity contribution >= 4 is 0 Å². The molecule has 3 nitrogen and oxygen atoms in total. The molecule has 0 aliphatic rings. The zero-order valence-electron chi connectivity index (χ0n) is 10.7. The number of nitrogens with zero attached hydrogens (tertiary/aromatic N) is 2. The van der Waals surface area contributed by atoms with Crippen LogP contribution >= 0.6 is 0 Å². The predicted molar refractivity (Wildman–Crippen MR) is 74.7 cm³/mol. The average molecular weight is 252 g/mol. The number of hydrogen-bond acceptors (Lipinski definition) is 2. The van der Waals surface area contributed by atoms with Gasteiger partial charge in [0.05, 0.1) is 6.26 Å². The minimum atomic E-state index is 0.821. The molecule has 2 heterocycles. The van der Waals surface area contributed by atoms with Crippen LogP contribution in [0.25, 0.3) is 11.5 Å². The van der Waals surface area contributed by atoms with Gasteiger partial charge in [-0.1, -0.05) is 30.3 Å². The lowest BCUT2D eigenvalue weighted by Crippen LogP contribution is -2.00. The fourth-order valence-electron chi connectivity index (χ4n) is 2.13. The molecule has 0 fully saturated rings. The maximum absolute atomic E-state index is 5.33. The van der Waals surface area contributed by atoms with Crippen LogP contribution in [-0.4, -0.2) is 9.78 Å². The van der Waals surface area contributed by atoms with E-state index in [1.807, 2.05) is 35.1 Å². The molecule has 0 bridgehead atoms. The Morgan fingerprint density at radius 3 is 2.68 bits per heavy atom. The van der Waals surface area contributed by atoms with Crippen LogP contribution in [0.3, 0.4) is 0 Å². The summed E-state index contributed by atoms with van der Waals surface area (Å²) in [5.74, 6) is 0.821. The molecule has 0 spiro atoms. The summed E-state index contributed by atoms with van der Waals surface area (Å²) in [7, 11) is 0. The summed E-state index contributed by atoms with van der Waals surface area (Å²) in [6, 6.07) is 16.3. The largest absolute Gasteiger partial charge is 0.463 e. The summed E-state index contributed by atoms with van der Waals surface area (Å²) >= 11 is 0. The second-order valence-corrected chi connectivity index (χ2v) is 4.53. The first-order valence-corrected chi connectivity index (χ1v) is 6.53. The Kier molecular flexibility index (Phi) is 3.45. The van der Waals surface area contributed by atoms with Crippen molar-refractivity contribution in [2.75, 3.05) is 0 Å². The first kappa shape index (κ1) is 11.8. The third-order valence-electron chi connectivity index (χ3n) is 3.11. The molecule has 0 saturated carbocycles. The Bertz CT molecular complexity index is 611. The zero-order valence-corrected chi connectivity index (χ0v) is 10.7. The van der Waals surface area contributed by atoms with Crippen molar-refractivity contribution < 1.29 is 4.42 Å². The third kappa shape index (κ3) is 2.94. The monoisotopic (exact) mass is 252 g/mol. The van der Waals surface area contributed by atoms with Gasteiger partial charge in [0.15, 0.2) is 5.76 Å². The minimum absolute atomic E-state index is 0.821. The molecule has 0 aliphatic heterocycles. The van der Waals surface area contributed by atoms with Crippen molar-refractivity contribution in [3.8, 4) is 11.5 Å². The summed E-state index contributed by atoms with van der Waals surface area (Å²) in [5, 5.41) is 4.51. The van der Waals surface area contributed by atoms with Gasteiger partial charge in [0.2, 0.25) is 0 Å². The second kappa shape index (κ2) is 5.57. The van der Waals surface area contributed by atoms with Crippen LogP contribution in [0.4, 0.5) is 0 Å². The van der Waals surface area contributed by atoms with Crippen molar-refractivity contribution in [2.45, 2.75) is 19.4 Å². The van der Waals surface area contributed by atoms with Gasteiger partial charge in [0, 0.05) is 12.7 Å². The van der Waals surface area contributed by atoms with Gasteiger partial charge >= 0.3 is 0 Å². The second-order valence-electron chi connectivity index (χ2n) is 4.53. The van der Waals surface area contributed by atoms with Gasteiger partial charge < -0.3 is 4.42 Å². The SMILES string of the molecule is c1ccc(CCCn2ccc(-c3ccco3)n2)cc1. The van der Waals surface area contributed by atoms with Crippen molar-refractivity contribution in [1.82, 2.24) is 9.78 Å². The molecule has 0 atom stereocenters. The van der Waals surface area contributed by atoms with E-state index >= 15 is 0 Å². The zero-order chi connectivity index (χ0) is 12.9. The molecule has 0 unspecified atom stereocenters. The lowest BCUT2D eigenvalue weighted by molar-refractivity contribution is 0.562. The van der Waals surface area contributed by atoms with Gasteiger partial charge in [-0.05, 0) is 36.6 Å². The Balaban J connectivity index is 1.56. The highest BCUT2D eigenvalue weighted by Crippen LogP contribution is 2.17. The summed E-state index contributed by atoms with van der Waals surface area (Å²) in [6.07, 6.45) is 5.84. The quantitative estimate of drug-likeness (QED) is 0.692. The van der Waals surface area contributed by atoms with Crippen LogP contribution in [0.5, 0.6) is 0 Å². The standard InChI is InChI=1S/C16H16N2O/c1-2-6-14(7-3-1)8-4-11-18-12-10-15(17-18)16-9-5-13-19-16/h1-3,5-7,9-10,12-13H,4,8,11H2. The normalized spacial score (nSPS) is 10.7. The molecule has 3 aromatic rings. The van der Waals surface area contributed by atoms with Crippen molar-refractivity contribution in [3.63, 3.8) is 0 Å². The number of aryl methyl sites for hydroxylation is 2. The van der Waals surface area contributed by atoms with Gasteiger partial charge in [-0.15, -0.1) is 0 Å². The van der Waals surface area contributed by atoms with Crippen LogP contribution in [0.1, 0.15) is 12.0 Å². The predicted octanol–water partition coefficient (Wildman–Crippen LogP) is 3.78. The number of benzene rings is 1. The summed E-state index contributed by atoms with van der Waals surface area (Å²) in [4.78, 5) is 0. The Morgan fingerprint density at radius 2 is 1.89 bits per heavy atom. The van der Waals surface area contributed by atoms with E-state index in [2.05, 4.69) is 29.4 Å². The summed E-state index contributed by atoms with van der Waals surface area (Å²) in [5.41, 5.74) is 2.27. The Morgan fingerprint density at radius 1 is 1.00 bits per heavy atom. The lowest BCUT2D eigenvalue weighted by Gasteiger charge is -2.02. The van der Waals surface area contributed by atoms with E-state index in [0.29, 0.717) is 0 Å². The number of aromatic nitrogens is 2. The van der Waals surface area contributed by atoms with Crippen LogP contribution < -0.4 is 0 Å². The van der Waals surface area contributed by atoms with Gasteiger partial charge in [-0.25, -0.2) is 0 Å². The van der Waals surface area contributed by atoms with E-state index in [1.165, 1.54) is 5.56 Å². The van der Waals surface area contributed by atoms with Crippen molar-refractivity contribution in [2.24, 2.45) is 0 Å². The van der Waals surface area contributed by atoms with Crippen molar-refractivity contribution in [1.29, 1.82) is 0 Å². The molecule has 0 aliphatic carbocycles. The molecule has 3 heteroatoms. The average Bonchev–Trinajstić information content (AvgIpc) is 3.10. The van der Waals surface area contributed by atoms with E-state index in [9.17, 15) is 0 Å². The first-order valence-electron chi connectivity index (χ1n) is 6.53. The van der Waals surface area contributed by atoms with Gasteiger partial charge in [0.25, 0.3) is 0 Å². The van der Waals surface area contributed by atoms with E-state index in [4.69, 9.17) is 4.42 Å². The molecule has 96 valence electrons. The maximum Gasteiger partial charge on any atom is 0.154 e. The molecule has 0 amide bonds. The molecule has 0 saturated heterocycles. The third-order valence-corrected chi connectivity index (χ3v) is 3.11. The van der Waals surface area contributed by atoms with Gasteiger partial charge in [-0.2, -0.15) is 5.10 Å². The van der Waals surface area contributed by atoms with Gasteiger partial charge in [0.1, 0.15) is 5.69 Å². The fourth-order valence-corrected chi connectivity index (χ4v) is 2.13. The molecule has 2 aromatic heterocycles. The first-order chi connectivity index (χ1) is 9.42.